The van der Waals surface area contributed by atoms with Crippen molar-refractivity contribution < 1.29 is 22.4 Å². The van der Waals surface area contributed by atoms with Crippen molar-refractivity contribution in [3.8, 4) is 22.6 Å². The number of methoxy groups -OCH3 is 2. The third-order valence-corrected chi connectivity index (χ3v) is 14.7. The Kier molecular flexibility index (Phi) is 11.3. The first kappa shape index (κ1) is 34.3. The number of rotatable bonds is 11. The van der Waals surface area contributed by atoms with Crippen LogP contribution in [0.2, 0.25) is 0 Å². The first-order valence-electron chi connectivity index (χ1n) is 16.6. The average molecular weight is 631 g/mol. The predicted octanol–water partition coefficient (Wildman–Crippen LogP) is 9.79. The highest BCUT2D eigenvalue weighted by Gasteiger charge is 2.55. The summed E-state index contributed by atoms with van der Waals surface area (Å²) in [7, 11) is -1.22. The fourth-order valence-electron chi connectivity index (χ4n) is 7.80. The fraction of sp³-hybridized carbons (Fsp3) is 0.667. The Bertz CT molecular complexity index is 1300. The van der Waals surface area contributed by atoms with Gasteiger partial charge in [-0.3, -0.25) is 4.55 Å². The van der Waals surface area contributed by atoms with Gasteiger partial charge in [0.05, 0.1) is 14.2 Å². The molecule has 0 radical (unpaired) electrons. The van der Waals surface area contributed by atoms with Gasteiger partial charge in [-0.05, 0) is 89.7 Å². The Morgan fingerprint density at radius 3 is 1.53 bits per heavy atom. The molecule has 0 bridgehead atoms. The van der Waals surface area contributed by atoms with Crippen molar-refractivity contribution >= 4 is 24.0 Å². The lowest BCUT2D eigenvalue weighted by Crippen LogP contribution is -2.50. The number of hydrogen-bond donors (Lipinski definition) is 1. The zero-order chi connectivity index (χ0) is 31.5. The molecular weight excluding hydrogens is 575 g/mol. The van der Waals surface area contributed by atoms with Crippen LogP contribution in [0.5, 0.6) is 11.5 Å². The molecule has 2 fully saturated rings. The fourth-order valence-corrected chi connectivity index (χ4v) is 12.0. The molecule has 5 nitrogen and oxygen atoms in total. The summed E-state index contributed by atoms with van der Waals surface area (Å²) < 4.78 is 50.4. The van der Waals surface area contributed by atoms with E-state index >= 15 is 0 Å². The Hall–Kier alpha value is -1.62. The molecule has 0 spiro atoms. The van der Waals surface area contributed by atoms with E-state index in [-0.39, 0.29) is 32.3 Å². The molecule has 2 aliphatic rings. The molecule has 4 rings (SSSR count). The van der Waals surface area contributed by atoms with Crippen LogP contribution in [0.3, 0.4) is 0 Å². The van der Waals surface area contributed by atoms with Crippen molar-refractivity contribution in [2.75, 3.05) is 14.2 Å². The summed E-state index contributed by atoms with van der Waals surface area (Å²) in [6, 6.07) is 8.55. The first-order chi connectivity index (χ1) is 20.4. The predicted molar refractivity (Wildman–Crippen MR) is 183 cm³/mol. The summed E-state index contributed by atoms with van der Waals surface area (Å²) in [4.78, 5) is 0. The summed E-state index contributed by atoms with van der Waals surface area (Å²) in [5, 5.41) is 0.872. The lowest BCUT2D eigenvalue weighted by Gasteiger charge is -2.47. The van der Waals surface area contributed by atoms with Crippen LogP contribution in [0.4, 0.5) is 0 Å². The molecule has 0 heterocycles. The van der Waals surface area contributed by atoms with Gasteiger partial charge in [-0.15, -0.1) is 0 Å². The van der Waals surface area contributed by atoms with Crippen LogP contribution in [0.25, 0.3) is 11.1 Å². The average Bonchev–Trinajstić information content (AvgIpc) is 2.98. The summed E-state index contributed by atoms with van der Waals surface area (Å²) in [6.45, 7) is 13.4. The van der Waals surface area contributed by atoms with E-state index in [9.17, 15) is 13.0 Å². The van der Waals surface area contributed by atoms with Crippen molar-refractivity contribution in [2.24, 2.45) is 11.8 Å². The Balaban J connectivity index is 2.11. The highest BCUT2D eigenvalue weighted by Crippen LogP contribution is 2.58. The van der Waals surface area contributed by atoms with E-state index in [2.05, 4.69) is 53.7 Å². The van der Waals surface area contributed by atoms with E-state index in [0.717, 1.165) is 86.4 Å². The van der Waals surface area contributed by atoms with Gasteiger partial charge in [-0.25, -0.2) is 0 Å². The zero-order valence-corrected chi connectivity index (χ0v) is 29.6. The molecule has 0 aromatic heterocycles. The van der Waals surface area contributed by atoms with Gasteiger partial charge in [0.15, 0.2) is 0 Å². The number of ether oxygens (including phenoxy) is 2. The quantitative estimate of drug-likeness (QED) is 0.198. The van der Waals surface area contributed by atoms with E-state index in [1.165, 1.54) is 16.7 Å². The van der Waals surface area contributed by atoms with Crippen LogP contribution in [0, 0.1) is 11.8 Å². The summed E-state index contributed by atoms with van der Waals surface area (Å²) in [5.74, 6) is 2.08. The molecule has 2 aromatic carbocycles. The number of hydrogen-bond acceptors (Lipinski definition) is 4. The topological polar surface area (TPSA) is 72.8 Å². The van der Waals surface area contributed by atoms with Crippen molar-refractivity contribution in [3.05, 3.63) is 41.0 Å². The van der Waals surface area contributed by atoms with E-state index in [1.807, 2.05) is 12.1 Å². The van der Waals surface area contributed by atoms with Gasteiger partial charge in [0, 0.05) is 10.9 Å². The van der Waals surface area contributed by atoms with E-state index in [0.29, 0.717) is 11.7 Å². The third-order valence-electron chi connectivity index (χ3n) is 10.1. The lowest BCUT2D eigenvalue weighted by atomic mass is 9.76. The monoisotopic (exact) mass is 630 g/mol. The second-order valence-corrected chi connectivity index (χ2v) is 17.4. The van der Waals surface area contributed by atoms with Crippen molar-refractivity contribution in [3.63, 3.8) is 0 Å². The number of benzene rings is 2. The summed E-state index contributed by atoms with van der Waals surface area (Å²) in [5.41, 5.74) is 5.84. The van der Waals surface area contributed by atoms with Crippen LogP contribution in [0.15, 0.2) is 24.3 Å². The Labute approximate surface area is 263 Å². The van der Waals surface area contributed by atoms with Crippen molar-refractivity contribution in [1.29, 1.82) is 0 Å². The maximum atomic E-state index is 14.0. The molecule has 7 heteroatoms. The second kappa shape index (κ2) is 14.2. The molecule has 1 unspecified atom stereocenters. The molecule has 0 amide bonds. The minimum absolute atomic E-state index is 0.0844. The van der Waals surface area contributed by atoms with Crippen molar-refractivity contribution in [2.45, 2.75) is 128 Å². The Morgan fingerprint density at radius 2 is 1.16 bits per heavy atom. The molecule has 1 atom stereocenters. The largest absolute Gasteiger partial charge is 0.496 e. The van der Waals surface area contributed by atoms with Crippen LogP contribution < -0.4 is 14.8 Å². The minimum Gasteiger partial charge on any atom is -0.496 e. The molecule has 2 saturated carbocycles. The van der Waals surface area contributed by atoms with Crippen molar-refractivity contribution in [1.82, 2.24) is 0 Å². The van der Waals surface area contributed by atoms with Gasteiger partial charge in [-0.2, -0.15) is 8.42 Å². The minimum atomic E-state index is -4.42. The standard InChI is InChI=1S/C36H55O5PS/c1-23(2)26-21-29(24(3)4)33(30(22-26)25(5)6)34-31(40-7)19-20-32(41-8)35(34)42-36(43(37,38)39,27-15-11-9-12-16-27)28-17-13-10-14-18-28/h19-25,27-28,42H,9-18H2,1-8H3,(H,37,38,39). The third kappa shape index (κ3) is 6.82. The molecular formula is C36H55O5PS. The van der Waals surface area contributed by atoms with Crippen LogP contribution in [-0.4, -0.2) is 31.7 Å². The maximum Gasteiger partial charge on any atom is 0.275 e. The molecule has 0 saturated heterocycles. The molecule has 2 aliphatic carbocycles. The molecule has 2 aromatic rings. The Morgan fingerprint density at radius 1 is 0.721 bits per heavy atom. The summed E-state index contributed by atoms with van der Waals surface area (Å²) in [6.07, 6.45) is 9.62. The summed E-state index contributed by atoms with van der Waals surface area (Å²) >= 11 is 0. The second-order valence-electron chi connectivity index (χ2n) is 13.8. The van der Waals surface area contributed by atoms with Crippen LogP contribution in [-0.2, 0) is 10.1 Å². The van der Waals surface area contributed by atoms with E-state index in [4.69, 9.17) is 9.47 Å². The van der Waals surface area contributed by atoms with Crippen LogP contribution >= 0.6 is 8.58 Å². The van der Waals surface area contributed by atoms with Gasteiger partial charge in [0.2, 0.25) is 0 Å². The highest BCUT2D eigenvalue weighted by molar-refractivity contribution is 7.94. The molecule has 43 heavy (non-hydrogen) atoms. The SMILES string of the molecule is COc1ccc(OC)c(-c2c(C(C)C)cc(C(C)C)cc2C(C)C)c1PC(C1CCCCC1)(C1CCCCC1)S(=O)(=O)O. The first-order valence-corrected chi connectivity index (χ1v) is 19.0. The van der Waals surface area contributed by atoms with Crippen LogP contribution in [0.1, 0.15) is 140 Å². The smallest absolute Gasteiger partial charge is 0.275 e. The molecule has 240 valence electrons. The van der Waals surface area contributed by atoms with Gasteiger partial charge in [0.1, 0.15) is 16.0 Å². The van der Waals surface area contributed by atoms with Gasteiger partial charge in [0.25, 0.3) is 10.1 Å². The van der Waals surface area contributed by atoms with Gasteiger partial charge in [-0.1, -0.05) is 101 Å². The molecule has 1 N–H and O–H groups in total. The zero-order valence-electron chi connectivity index (χ0n) is 27.8. The highest BCUT2D eigenvalue weighted by atomic mass is 32.2. The van der Waals surface area contributed by atoms with E-state index in [1.54, 1.807) is 14.2 Å². The van der Waals surface area contributed by atoms with E-state index < -0.39 is 14.6 Å². The molecule has 0 aliphatic heterocycles. The maximum absolute atomic E-state index is 14.0. The normalized spacial score (nSPS) is 18.0. The van der Waals surface area contributed by atoms with Gasteiger partial charge >= 0.3 is 0 Å². The lowest BCUT2D eigenvalue weighted by molar-refractivity contribution is 0.215. The van der Waals surface area contributed by atoms with Gasteiger partial charge < -0.3 is 9.47 Å².